The van der Waals surface area contributed by atoms with Gasteiger partial charge in [0.15, 0.2) is 5.13 Å². The number of anilines is 2. The standard InChI is InChI=1S/C14H18N4OS/c1-11(19)12-3-2-4-15-13(12)17-6-8-18(9-7-17)14-16-5-10-20-14/h2-5,10-11,19H,6-9H2,1H3. The zero-order valence-corrected chi connectivity index (χ0v) is 12.3. The lowest BCUT2D eigenvalue weighted by Gasteiger charge is -2.36. The second-order valence-corrected chi connectivity index (χ2v) is 5.75. The van der Waals surface area contributed by atoms with Crippen LogP contribution in [0.15, 0.2) is 29.9 Å². The van der Waals surface area contributed by atoms with Crippen molar-refractivity contribution >= 4 is 22.3 Å². The van der Waals surface area contributed by atoms with Gasteiger partial charge in [0, 0.05) is 49.5 Å². The summed E-state index contributed by atoms with van der Waals surface area (Å²) in [7, 11) is 0. The second kappa shape index (κ2) is 5.76. The van der Waals surface area contributed by atoms with Gasteiger partial charge in [-0.05, 0) is 13.0 Å². The van der Waals surface area contributed by atoms with E-state index in [9.17, 15) is 5.11 Å². The maximum atomic E-state index is 9.85. The molecule has 0 radical (unpaired) electrons. The summed E-state index contributed by atoms with van der Waals surface area (Å²) < 4.78 is 0. The number of hydrogen-bond acceptors (Lipinski definition) is 6. The highest BCUT2D eigenvalue weighted by atomic mass is 32.1. The predicted molar refractivity (Wildman–Crippen MR) is 81.4 cm³/mol. The van der Waals surface area contributed by atoms with Gasteiger partial charge in [0.2, 0.25) is 0 Å². The molecule has 1 aliphatic rings. The molecule has 1 aliphatic heterocycles. The second-order valence-electron chi connectivity index (χ2n) is 4.88. The van der Waals surface area contributed by atoms with Gasteiger partial charge in [-0.25, -0.2) is 9.97 Å². The Morgan fingerprint density at radius 1 is 1.15 bits per heavy atom. The topological polar surface area (TPSA) is 52.5 Å². The van der Waals surface area contributed by atoms with Crippen molar-refractivity contribution in [2.75, 3.05) is 36.0 Å². The first kappa shape index (κ1) is 13.3. The van der Waals surface area contributed by atoms with E-state index in [0.717, 1.165) is 42.7 Å². The van der Waals surface area contributed by atoms with Crippen LogP contribution >= 0.6 is 11.3 Å². The number of thiazole rings is 1. The van der Waals surface area contributed by atoms with E-state index < -0.39 is 6.10 Å². The molecule has 1 unspecified atom stereocenters. The molecule has 1 atom stereocenters. The highest BCUT2D eigenvalue weighted by Crippen LogP contribution is 2.26. The van der Waals surface area contributed by atoms with E-state index in [2.05, 4.69) is 19.8 Å². The number of nitrogens with zero attached hydrogens (tertiary/aromatic N) is 4. The average molecular weight is 290 g/mol. The highest BCUT2D eigenvalue weighted by Gasteiger charge is 2.22. The predicted octanol–water partition coefficient (Wildman–Crippen LogP) is 1.92. The molecule has 0 amide bonds. The molecule has 2 aromatic heterocycles. The van der Waals surface area contributed by atoms with Gasteiger partial charge >= 0.3 is 0 Å². The van der Waals surface area contributed by atoms with Gasteiger partial charge in [-0.2, -0.15) is 0 Å². The average Bonchev–Trinajstić information content (AvgIpc) is 3.02. The van der Waals surface area contributed by atoms with Crippen LogP contribution in [0.5, 0.6) is 0 Å². The summed E-state index contributed by atoms with van der Waals surface area (Å²) in [6.07, 6.45) is 3.14. The first-order valence-electron chi connectivity index (χ1n) is 6.78. The van der Waals surface area contributed by atoms with E-state index in [0.29, 0.717) is 0 Å². The minimum atomic E-state index is -0.490. The lowest BCUT2D eigenvalue weighted by Crippen LogP contribution is -2.47. The fourth-order valence-corrected chi connectivity index (χ4v) is 3.18. The Kier molecular flexibility index (Phi) is 3.84. The van der Waals surface area contributed by atoms with Gasteiger partial charge in [-0.15, -0.1) is 11.3 Å². The van der Waals surface area contributed by atoms with E-state index in [-0.39, 0.29) is 0 Å². The monoisotopic (exact) mass is 290 g/mol. The van der Waals surface area contributed by atoms with E-state index in [1.807, 2.05) is 23.7 Å². The summed E-state index contributed by atoms with van der Waals surface area (Å²) in [6, 6.07) is 3.82. The third-order valence-electron chi connectivity index (χ3n) is 3.54. The van der Waals surface area contributed by atoms with Crippen molar-refractivity contribution in [3.05, 3.63) is 35.5 Å². The molecule has 5 nitrogen and oxygen atoms in total. The normalized spacial score (nSPS) is 17.3. The summed E-state index contributed by atoms with van der Waals surface area (Å²) in [5, 5.41) is 12.9. The highest BCUT2D eigenvalue weighted by molar-refractivity contribution is 7.13. The van der Waals surface area contributed by atoms with Crippen LogP contribution in [-0.2, 0) is 0 Å². The van der Waals surface area contributed by atoms with Crippen LogP contribution in [0, 0.1) is 0 Å². The SMILES string of the molecule is CC(O)c1cccnc1N1CCN(c2nccs2)CC1. The molecule has 106 valence electrons. The van der Waals surface area contributed by atoms with Crippen molar-refractivity contribution in [2.24, 2.45) is 0 Å². The molecule has 0 bridgehead atoms. The van der Waals surface area contributed by atoms with Crippen LogP contribution in [0.25, 0.3) is 0 Å². The summed E-state index contributed by atoms with van der Waals surface area (Å²) in [6.45, 7) is 5.45. The zero-order valence-electron chi connectivity index (χ0n) is 11.4. The summed E-state index contributed by atoms with van der Waals surface area (Å²) >= 11 is 1.68. The van der Waals surface area contributed by atoms with Gasteiger partial charge < -0.3 is 14.9 Å². The number of rotatable bonds is 3. The molecule has 0 saturated carbocycles. The number of aliphatic hydroxyl groups excluding tert-OH is 1. The number of piperazine rings is 1. The van der Waals surface area contributed by atoms with Gasteiger partial charge in [-0.3, -0.25) is 0 Å². The van der Waals surface area contributed by atoms with Crippen molar-refractivity contribution < 1.29 is 5.11 Å². The fourth-order valence-electron chi connectivity index (χ4n) is 2.48. The minimum Gasteiger partial charge on any atom is -0.389 e. The number of aliphatic hydroxyl groups is 1. The van der Waals surface area contributed by atoms with Crippen LogP contribution < -0.4 is 9.80 Å². The smallest absolute Gasteiger partial charge is 0.185 e. The zero-order chi connectivity index (χ0) is 13.9. The first-order valence-corrected chi connectivity index (χ1v) is 7.66. The number of aromatic nitrogens is 2. The molecule has 6 heteroatoms. The molecular weight excluding hydrogens is 272 g/mol. The van der Waals surface area contributed by atoms with Crippen molar-refractivity contribution in [3.8, 4) is 0 Å². The molecule has 2 aromatic rings. The molecule has 1 N–H and O–H groups in total. The van der Waals surface area contributed by atoms with Crippen molar-refractivity contribution in [1.82, 2.24) is 9.97 Å². The molecule has 1 fully saturated rings. The first-order chi connectivity index (χ1) is 9.75. The molecule has 3 heterocycles. The molecule has 20 heavy (non-hydrogen) atoms. The van der Waals surface area contributed by atoms with Crippen LogP contribution in [0.1, 0.15) is 18.6 Å². The van der Waals surface area contributed by atoms with Crippen LogP contribution in [0.4, 0.5) is 10.9 Å². The maximum absolute atomic E-state index is 9.85. The lowest BCUT2D eigenvalue weighted by atomic mass is 10.1. The largest absolute Gasteiger partial charge is 0.389 e. The quantitative estimate of drug-likeness (QED) is 0.936. The Balaban J connectivity index is 1.72. The Morgan fingerprint density at radius 3 is 2.55 bits per heavy atom. The van der Waals surface area contributed by atoms with Gasteiger partial charge in [0.1, 0.15) is 5.82 Å². The Hall–Kier alpha value is -1.66. The van der Waals surface area contributed by atoms with Crippen LogP contribution in [0.3, 0.4) is 0 Å². The Labute approximate surface area is 122 Å². The van der Waals surface area contributed by atoms with E-state index >= 15 is 0 Å². The molecule has 3 rings (SSSR count). The van der Waals surface area contributed by atoms with Gasteiger partial charge in [0.05, 0.1) is 6.10 Å². The Bertz CT molecular complexity index is 550. The number of hydrogen-bond donors (Lipinski definition) is 1. The fraction of sp³-hybridized carbons (Fsp3) is 0.429. The third-order valence-corrected chi connectivity index (χ3v) is 4.37. The minimum absolute atomic E-state index is 0.490. The van der Waals surface area contributed by atoms with E-state index in [1.165, 1.54) is 0 Å². The molecule has 0 spiro atoms. The van der Waals surface area contributed by atoms with E-state index in [4.69, 9.17) is 0 Å². The van der Waals surface area contributed by atoms with Gasteiger partial charge in [-0.1, -0.05) is 6.07 Å². The van der Waals surface area contributed by atoms with Crippen LogP contribution in [0.2, 0.25) is 0 Å². The number of pyridine rings is 1. The van der Waals surface area contributed by atoms with Crippen LogP contribution in [-0.4, -0.2) is 41.3 Å². The molecule has 0 aliphatic carbocycles. The Morgan fingerprint density at radius 2 is 1.90 bits per heavy atom. The third kappa shape index (κ3) is 2.62. The van der Waals surface area contributed by atoms with Crippen molar-refractivity contribution in [1.29, 1.82) is 0 Å². The van der Waals surface area contributed by atoms with Crippen molar-refractivity contribution in [3.63, 3.8) is 0 Å². The molecule has 0 aromatic carbocycles. The summed E-state index contributed by atoms with van der Waals surface area (Å²) in [5.41, 5.74) is 0.898. The van der Waals surface area contributed by atoms with Gasteiger partial charge in [0.25, 0.3) is 0 Å². The molecular formula is C14H18N4OS. The summed E-state index contributed by atoms with van der Waals surface area (Å²) in [5.74, 6) is 0.904. The maximum Gasteiger partial charge on any atom is 0.185 e. The lowest BCUT2D eigenvalue weighted by molar-refractivity contribution is 0.199. The molecule has 1 saturated heterocycles. The van der Waals surface area contributed by atoms with Crippen molar-refractivity contribution in [2.45, 2.75) is 13.0 Å². The summed E-state index contributed by atoms with van der Waals surface area (Å²) in [4.78, 5) is 13.3. The van der Waals surface area contributed by atoms with E-state index in [1.54, 1.807) is 24.5 Å².